The van der Waals surface area contributed by atoms with Crippen molar-refractivity contribution < 1.29 is 19.4 Å². The van der Waals surface area contributed by atoms with Crippen molar-refractivity contribution in [3.05, 3.63) is 28.3 Å². The van der Waals surface area contributed by atoms with E-state index in [4.69, 9.17) is 22.1 Å². The third-order valence-electron chi connectivity index (χ3n) is 2.87. The van der Waals surface area contributed by atoms with Crippen LogP contribution < -0.4 is 11.1 Å². The van der Waals surface area contributed by atoms with Crippen LogP contribution in [0.15, 0.2) is 12.1 Å². The van der Waals surface area contributed by atoms with Gasteiger partial charge in [0.15, 0.2) is 0 Å². The van der Waals surface area contributed by atoms with E-state index in [1.165, 1.54) is 6.07 Å². The number of carbonyl (C=O) groups is 2. The number of aryl methyl sites for hydroxylation is 1. The lowest BCUT2D eigenvalue weighted by atomic mass is 10.00. The quantitative estimate of drug-likeness (QED) is 0.689. The van der Waals surface area contributed by atoms with Gasteiger partial charge in [-0.1, -0.05) is 11.6 Å². The SMILES string of the molecule is CCOC(=O)C[C@H](NC(=O)CN)c1cc(Cl)cc(C)c1O. The van der Waals surface area contributed by atoms with Gasteiger partial charge >= 0.3 is 5.97 Å². The Kier molecular flexibility index (Phi) is 6.45. The summed E-state index contributed by atoms with van der Waals surface area (Å²) in [5.41, 5.74) is 6.17. The number of benzene rings is 1. The number of esters is 1. The van der Waals surface area contributed by atoms with Crippen molar-refractivity contribution in [2.45, 2.75) is 26.3 Å². The summed E-state index contributed by atoms with van der Waals surface area (Å²) in [5, 5.41) is 13.1. The van der Waals surface area contributed by atoms with E-state index in [0.29, 0.717) is 16.1 Å². The third-order valence-corrected chi connectivity index (χ3v) is 3.09. The molecule has 4 N–H and O–H groups in total. The molecule has 0 aliphatic carbocycles. The van der Waals surface area contributed by atoms with E-state index in [2.05, 4.69) is 5.32 Å². The van der Waals surface area contributed by atoms with E-state index in [-0.39, 0.29) is 25.3 Å². The molecule has 0 heterocycles. The molecule has 116 valence electrons. The number of aromatic hydroxyl groups is 1. The summed E-state index contributed by atoms with van der Waals surface area (Å²) in [6.45, 7) is 3.37. The zero-order valence-corrected chi connectivity index (χ0v) is 12.7. The molecule has 0 saturated heterocycles. The first kappa shape index (κ1) is 17.3. The maximum absolute atomic E-state index is 11.7. The predicted molar refractivity (Wildman–Crippen MR) is 79.0 cm³/mol. The zero-order valence-electron chi connectivity index (χ0n) is 12.0. The highest BCUT2D eigenvalue weighted by molar-refractivity contribution is 6.30. The van der Waals surface area contributed by atoms with E-state index in [1.807, 2.05) is 0 Å². The third kappa shape index (κ3) is 4.91. The molecule has 0 aliphatic heterocycles. The largest absolute Gasteiger partial charge is 0.507 e. The Morgan fingerprint density at radius 1 is 1.48 bits per heavy atom. The molecule has 6 nitrogen and oxygen atoms in total. The van der Waals surface area contributed by atoms with Crippen molar-refractivity contribution in [3.8, 4) is 5.75 Å². The van der Waals surface area contributed by atoms with Crippen LogP contribution in [0.1, 0.15) is 30.5 Å². The van der Waals surface area contributed by atoms with Gasteiger partial charge in [-0.2, -0.15) is 0 Å². The number of hydrogen-bond donors (Lipinski definition) is 3. The van der Waals surface area contributed by atoms with Crippen molar-refractivity contribution in [1.82, 2.24) is 5.32 Å². The van der Waals surface area contributed by atoms with Crippen LogP contribution in [0.5, 0.6) is 5.75 Å². The molecule has 1 aromatic rings. The number of halogens is 1. The van der Waals surface area contributed by atoms with E-state index in [9.17, 15) is 14.7 Å². The monoisotopic (exact) mass is 314 g/mol. The number of phenols is 1. The van der Waals surface area contributed by atoms with Crippen molar-refractivity contribution in [2.75, 3.05) is 13.2 Å². The first-order chi connectivity index (χ1) is 9.88. The molecule has 1 rings (SSSR count). The van der Waals surface area contributed by atoms with Crippen molar-refractivity contribution in [1.29, 1.82) is 0 Å². The van der Waals surface area contributed by atoms with E-state index in [0.717, 1.165) is 0 Å². The fourth-order valence-electron chi connectivity index (χ4n) is 1.91. The second kappa shape index (κ2) is 7.85. The van der Waals surface area contributed by atoms with Crippen molar-refractivity contribution in [2.24, 2.45) is 5.73 Å². The van der Waals surface area contributed by atoms with E-state index < -0.39 is 17.9 Å². The van der Waals surface area contributed by atoms with Crippen molar-refractivity contribution >= 4 is 23.5 Å². The van der Waals surface area contributed by atoms with Crippen LogP contribution in [0.2, 0.25) is 5.02 Å². The number of hydrogen-bond acceptors (Lipinski definition) is 5. The molecular weight excluding hydrogens is 296 g/mol. The molecular formula is C14H19ClN2O4. The molecule has 0 spiro atoms. The summed E-state index contributed by atoms with van der Waals surface area (Å²) < 4.78 is 4.87. The van der Waals surface area contributed by atoms with Gasteiger partial charge in [-0.25, -0.2) is 0 Å². The van der Waals surface area contributed by atoms with Crippen molar-refractivity contribution in [3.63, 3.8) is 0 Å². The minimum atomic E-state index is -0.752. The summed E-state index contributed by atoms with van der Waals surface area (Å²) in [6, 6.07) is 2.34. The van der Waals surface area contributed by atoms with Gasteiger partial charge in [-0.05, 0) is 31.5 Å². The van der Waals surface area contributed by atoms with Gasteiger partial charge in [0.1, 0.15) is 5.75 Å². The van der Waals surface area contributed by atoms with Crippen LogP contribution >= 0.6 is 11.6 Å². The van der Waals surface area contributed by atoms with Gasteiger partial charge < -0.3 is 20.9 Å². The molecule has 0 fully saturated rings. The molecule has 21 heavy (non-hydrogen) atoms. The molecule has 0 aliphatic rings. The van der Waals surface area contributed by atoms with Gasteiger partial charge in [0.2, 0.25) is 5.91 Å². The highest BCUT2D eigenvalue weighted by Gasteiger charge is 2.23. The molecule has 7 heteroatoms. The van der Waals surface area contributed by atoms with Crippen LogP contribution in [0.25, 0.3) is 0 Å². The normalized spacial score (nSPS) is 11.8. The van der Waals surface area contributed by atoms with Gasteiger partial charge in [0.05, 0.1) is 25.6 Å². The van der Waals surface area contributed by atoms with Crippen LogP contribution in [0.3, 0.4) is 0 Å². The topological polar surface area (TPSA) is 102 Å². The Morgan fingerprint density at radius 3 is 2.71 bits per heavy atom. The number of carbonyl (C=O) groups excluding carboxylic acids is 2. The maximum atomic E-state index is 11.7. The summed E-state index contributed by atoms with van der Waals surface area (Å²) in [4.78, 5) is 23.2. The molecule has 0 aromatic heterocycles. The average molecular weight is 315 g/mol. The van der Waals surface area contributed by atoms with Gasteiger partial charge in [-0.15, -0.1) is 0 Å². The number of amides is 1. The lowest BCUT2D eigenvalue weighted by Gasteiger charge is -2.20. The Labute approximate surface area is 128 Å². The summed E-state index contributed by atoms with van der Waals surface area (Å²) in [6.07, 6.45) is -0.118. The molecule has 1 aromatic carbocycles. The average Bonchev–Trinajstić information content (AvgIpc) is 2.42. The van der Waals surface area contributed by atoms with Gasteiger partial charge in [0, 0.05) is 10.6 Å². The highest BCUT2D eigenvalue weighted by atomic mass is 35.5. The lowest BCUT2D eigenvalue weighted by molar-refractivity contribution is -0.143. The highest BCUT2D eigenvalue weighted by Crippen LogP contribution is 2.32. The Bertz CT molecular complexity index is 534. The number of ether oxygens (including phenoxy) is 1. The summed E-state index contributed by atoms with van der Waals surface area (Å²) in [7, 11) is 0. The minimum absolute atomic E-state index is 0.0222. The lowest BCUT2D eigenvalue weighted by Crippen LogP contribution is -2.35. The first-order valence-electron chi connectivity index (χ1n) is 6.53. The van der Waals surface area contributed by atoms with E-state index in [1.54, 1.807) is 19.9 Å². The Balaban J connectivity index is 3.10. The molecule has 0 bridgehead atoms. The molecule has 1 atom stereocenters. The Hall–Kier alpha value is -1.79. The van der Waals surface area contributed by atoms with Crippen LogP contribution in [-0.4, -0.2) is 30.1 Å². The maximum Gasteiger partial charge on any atom is 0.308 e. The smallest absolute Gasteiger partial charge is 0.308 e. The number of rotatable bonds is 6. The Morgan fingerprint density at radius 2 is 2.14 bits per heavy atom. The van der Waals surface area contributed by atoms with Crippen LogP contribution in [0.4, 0.5) is 0 Å². The van der Waals surface area contributed by atoms with Gasteiger partial charge in [0.25, 0.3) is 0 Å². The zero-order chi connectivity index (χ0) is 16.0. The minimum Gasteiger partial charge on any atom is -0.507 e. The van der Waals surface area contributed by atoms with Crippen LogP contribution in [-0.2, 0) is 14.3 Å². The molecule has 0 saturated carbocycles. The molecule has 0 radical (unpaired) electrons. The summed E-state index contributed by atoms with van der Waals surface area (Å²) in [5.74, 6) is -0.954. The molecule has 0 unspecified atom stereocenters. The summed E-state index contributed by atoms with van der Waals surface area (Å²) >= 11 is 5.97. The predicted octanol–water partition coefficient (Wildman–Crippen LogP) is 1.42. The second-order valence-corrected chi connectivity index (χ2v) is 4.93. The first-order valence-corrected chi connectivity index (χ1v) is 6.90. The standard InChI is InChI=1S/C14H19ClN2O4/c1-3-21-13(19)6-11(17-12(18)7-16)10-5-9(15)4-8(2)14(10)20/h4-5,11,20H,3,6-7,16H2,1-2H3,(H,17,18)/t11-/m0/s1. The number of phenolic OH excluding ortho intramolecular Hbond substituents is 1. The van der Waals surface area contributed by atoms with Crippen LogP contribution in [0, 0.1) is 6.92 Å². The fourth-order valence-corrected chi connectivity index (χ4v) is 2.19. The molecule has 1 amide bonds. The number of nitrogens with one attached hydrogen (secondary N) is 1. The van der Waals surface area contributed by atoms with Gasteiger partial charge in [-0.3, -0.25) is 9.59 Å². The fraction of sp³-hybridized carbons (Fsp3) is 0.429. The van der Waals surface area contributed by atoms with E-state index >= 15 is 0 Å². The number of nitrogens with two attached hydrogens (primary N) is 1. The second-order valence-electron chi connectivity index (χ2n) is 4.49.